The zero-order valence-electron chi connectivity index (χ0n) is 25.5. The number of hydrogen-bond acceptors (Lipinski definition) is 7. The van der Waals surface area contributed by atoms with E-state index >= 15 is 0 Å². The second-order valence-corrected chi connectivity index (χ2v) is 11.3. The molecule has 0 aliphatic carbocycles. The van der Waals surface area contributed by atoms with Crippen molar-refractivity contribution < 1.29 is 33.3 Å². The number of phenols is 1. The molecule has 5 aromatic rings. The van der Waals surface area contributed by atoms with Crippen LogP contribution in [0, 0.1) is 5.82 Å². The predicted molar refractivity (Wildman–Crippen MR) is 171 cm³/mol. The van der Waals surface area contributed by atoms with Gasteiger partial charge in [0.05, 0.1) is 31.0 Å². The maximum absolute atomic E-state index is 14.5. The molecule has 0 saturated heterocycles. The Labute approximate surface area is 269 Å². The topological polar surface area (TPSA) is 126 Å². The highest BCUT2D eigenvalue weighted by atomic mass is 19.1. The van der Waals surface area contributed by atoms with E-state index in [0.717, 1.165) is 16.7 Å². The van der Waals surface area contributed by atoms with Gasteiger partial charge in [-0.25, -0.2) is 4.39 Å². The molecule has 0 spiro atoms. The number of halogens is 1. The number of phenolic OH excluding ortho intramolecular Hbond substituents is 1. The third-order valence-electron chi connectivity index (χ3n) is 8.38. The first kappa shape index (κ1) is 29.8. The zero-order valence-corrected chi connectivity index (χ0v) is 25.5. The molecule has 4 aromatic carbocycles. The van der Waals surface area contributed by atoms with Gasteiger partial charge in [-0.1, -0.05) is 24.3 Å². The number of aromatic amines is 1. The van der Waals surface area contributed by atoms with Crippen molar-refractivity contribution in [2.75, 3.05) is 26.8 Å². The van der Waals surface area contributed by atoms with Crippen LogP contribution >= 0.6 is 0 Å². The summed E-state index contributed by atoms with van der Waals surface area (Å²) >= 11 is 0. The standard InChI is InChI=1S/C36H31FN4O6/c1-45-32-12-7-22-18-33(32)46-16-4-14-38-35(43)27-19-24(9-11-31(27)42)47-23-8-10-25-21(17-23)13-15-41(34(22)25)36(44)30-20-29(39-40-30)26-5-2-3-6-28(26)37/h2-3,5-12,17-20,34,42H,4,13-16H2,1H3,(H,38,43)(H,39,40). The summed E-state index contributed by atoms with van der Waals surface area (Å²) in [6.07, 6.45) is 1.02. The van der Waals surface area contributed by atoms with E-state index in [1.54, 1.807) is 48.4 Å². The normalized spacial score (nSPS) is 15.9. The van der Waals surface area contributed by atoms with Crippen molar-refractivity contribution >= 4 is 11.8 Å². The molecular weight excluding hydrogens is 603 g/mol. The first-order valence-electron chi connectivity index (χ1n) is 15.2. The number of nitrogens with zero attached hydrogens (tertiary/aromatic N) is 2. The Bertz CT molecular complexity index is 1990. The molecule has 1 aromatic heterocycles. The molecule has 47 heavy (non-hydrogen) atoms. The summed E-state index contributed by atoms with van der Waals surface area (Å²) in [6, 6.07) is 23.1. The molecular formula is C36H31FN4O6. The first-order valence-corrected chi connectivity index (χ1v) is 15.2. The molecule has 238 valence electrons. The highest BCUT2D eigenvalue weighted by Gasteiger charge is 2.34. The molecule has 11 heteroatoms. The molecule has 1 atom stereocenters. The van der Waals surface area contributed by atoms with Gasteiger partial charge in [0, 0.05) is 18.7 Å². The van der Waals surface area contributed by atoms with E-state index in [-0.39, 0.29) is 29.5 Å². The molecule has 2 amide bonds. The number of carbonyl (C=O) groups is 2. The number of rotatable bonds is 3. The van der Waals surface area contributed by atoms with Gasteiger partial charge in [0.1, 0.15) is 28.8 Å². The van der Waals surface area contributed by atoms with Crippen molar-refractivity contribution in [3.63, 3.8) is 0 Å². The molecule has 0 radical (unpaired) electrons. The summed E-state index contributed by atoms with van der Waals surface area (Å²) in [5.74, 6) is 0.657. The highest BCUT2D eigenvalue weighted by molar-refractivity contribution is 5.97. The second kappa shape index (κ2) is 12.5. The molecule has 10 nitrogen and oxygen atoms in total. The smallest absolute Gasteiger partial charge is 0.272 e. The van der Waals surface area contributed by atoms with E-state index in [4.69, 9.17) is 14.2 Å². The number of amides is 2. The third kappa shape index (κ3) is 5.83. The summed E-state index contributed by atoms with van der Waals surface area (Å²) < 4.78 is 32.4. The Morgan fingerprint density at radius 3 is 2.70 bits per heavy atom. The minimum Gasteiger partial charge on any atom is -0.507 e. The van der Waals surface area contributed by atoms with Gasteiger partial charge in [-0.05, 0) is 90.2 Å². The molecule has 0 fully saturated rings. The van der Waals surface area contributed by atoms with Crippen LogP contribution in [0.3, 0.4) is 0 Å². The lowest BCUT2D eigenvalue weighted by Crippen LogP contribution is -2.40. The number of fused-ring (bicyclic) bond motifs is 6. The van der Waals surface area contributed by atoms with Gasteiger partial charge in [-0.15, -0.1) is 0 Å². The third-order valence-corrected chi connectivity index (χ3v) is 8.38. The number of nitrogens with one attached hydrogen (secondary N) is 2. The van der Waals surface area contributed by atoms with Gasteiger partial charge in [-0.3, -0.25) is 14.7 Å². The Morgan fingerprint density at radius 2 is 1.85 bits per heavy atom. The molecule has 0 saturated carbocycles. The summed E-state index contributed by atoms with van der Waals surface area (Å²) in [4.78, 5) is 28.8. The zero-order chi connectivity index (χ0) is 32.5. The van der Waals surface area contributed by atoms with Crippen LogP contribution < -0.4 is 19.5 Å². The maximum Gasteiger partial charge on any atom is 0.272 e. The predicted octanol–water partition coefficient (Wildman–Crippen LogP) is 6.02. The fourth-order valence-electron chi connectivity index (χ4n) is 6.06. The van der Waals surface area contributed by atoms with E-state index in [9.17, 15) is 19.1 Å². The van der Waals surface area contributed by atoms with Crippen LogP contribution in [0.15, 0.2) is 84.9 Å². The summed E-state index contributed by atoms with van der Waals surface area (Å²) in [5.41, 5.74) is 3.65. The quantitative estimate of drug-likeness (QED) is 0.222. The number of hydrogen-bond donors (Lipinski definition) is 3. The van der Waals surface area contributed by atoms with E-state index < -0.39 is 17.8 Å². The van der Waals surface area contributed by atoms with Crippen molar-refractivity contribution in [3.05, 3.63) is 119 Å². The van der Waals surface area contributed by atoms with Gasteiger partial charge < -0.3 is 29.5 Å². The molecule has 8 bridgehead atoms. The molecule has 1 unspecified atom stereocenters. The van der Waals surface area contributed by atoms with Crippen LogP contribution in [0.2, 0.25) is 0 Å². The average molecular weight is 635 g/mol. The molecule has 8 rings (SSSR count). The van der Waals surface area contributed by atoms with Crippen molar-refractivity contribution in [2.45, 2.75) is 18.9 Å². The SMILES string of the molecule is COc1ccc2cc1OCCCNC(=O)c1cc(ccc1O)Oc1ccc3c(c1)CCN(C(=O)c1cc(-c4ccccc4F)n[nH]1)C23. The van der Waals surface area contributed by atoms with Crippen molar-refractivity contribution in [2.24, 2.45) is 0 Å². The maximum atomic E-state index is 14.5. The monoisotopic (exact) mass is 634 g/mol. The number of benzene rings is 4. The van der Waals surface area contributed by atoms with E-state index in [2.05, 4.69) is 15.5 Å². The summed E-state index contributed by atoms with van der Waals surface area (Å²) in [6.45, 7) is 0.953. The van der Waals surface area contributed by atoms with Crippen LogP contribution in [0.25, 0.3) is 11.3 Å². The van der Waals surface area contributed by atoms with E-state index in [1.807, 2.05) is 30.3 Å². The van der Waals surface area contributed by atoms with E-state index in [1.165, 1.54) is 18.2 Å². The lowest BCUT2D eigenvalue weighted by molar-refractivity contribution is 0.0687. The fraction of sp³-hybridized carbons (Fsp3) is 0.194. The van der Waals surface area contributed by atoms with Crippen molar-refractivity contribution in [3.8, 4) is 40.0 Å². The average Bonchev–Trinajstić information content (AvgIpc) is 3.58. The van der Waals surface area contributed by atoms with Gasteiger partial charge in [0.25, 0.3) is 11.8 Å². The van der Waals surface area contributed by atoms with Crippen molar-refractivity contribution in [1.29, 1.82) is 0 Å². The molecule has 3 aliphatic heterocycles. The first-order chi connectivity index (χ1) is 22.9. The van der Waals surface area contributed by atoms with Crippen LogP contribution in [0.4, 0.5) is 4.39 Å². The Hall–Kier alpha value is -5.84. The Morgan fingerprint density at radius 1 is 1.02 bits per heavy atom. The number of methoxy groups -OCH3 is 1. The molecule has 3 N–H and O–H groups in total. The summed E-state index contributed by atoms with van der Waals surface area (Å²) in [5, 5.41) is 20.2. The van der Waals surface area contributed by atoms with Gasteiger partial charge in [0.15, 0.2) is 11.5 Å². The van der Waals surface area contributed by atoms with Gasteiger partial charge in [-0.2, -0.15) is 5.10 Å². The van der Waals surface area contributed by atoms with Gasteiger partial charge >= 0.3 is 0 Å². The Kier molecular flexibility index (Phi) is 7.95. The number of aromatic hydroxyl groups is 1. The lowest BCUT2D eigenvalue weighted by atomic mass is 9.87. The lowest BCUT2D eigenvalue weighted by Gasteiger charge is -2.38. The van der Waals surface area contributed by atoms with Crippen LogP contribution in [-0.4, -0.2) is 58.8 Å². The Balaban J connectivity index is 1.30. The van der Waals surface area contributed by atoms with E-state index in [0.29, 0.717) is 60.2 Å². The van der Waals surface area contributed by atoms with Crippen LogP contribution in [0.5, 0.6) is 28.7 Å². The molecule has 3 aliphatic rings. The summed E-state index contributed by atoms with van der Waals surface area (Å²) in [7, 11) is 1.56. The number of H-pyrrole nitrogens is 1. The van der Waals surface area contributed by atoms with Crippen LogP contribution in [-0.2, 0) is 6.42 Å². The minimum atomic E-state index is -0.507. The largest absolute Gasteiger partial charge is 0.507 e. The number of ether oxygens (including phenoxy) is 3. The fourth-order valence-corrected chi connectivity index (χ4v) is 6.06. The number of carbonyl (C=O) groups excluding carboxylic acids is 2. The minimum absolute atomic E-state index is 0.100. The van der Waals surface area contributed by atoms with Gasteiger partial charge in [0.2, 0.25) is 0 Å². The molecule has 4 heterocycles. The van der Waals surface area contributed by atoms with Crippen LogP contribution in [0.1, 0.15) is 50.0 Å². The van der Waals surface area contributed by atoms with Crippen molar-refractivity contribution in [1.82, 2.24) is 20.4 Å². The number of aromatic nitrogens is 2. The highest BCUT2D eigenvalue weighted by Crippen LogP contribution is 2.41. The second-order valence-electron chi connectivity index (χ2n) is 11.3.